The maximum Gasteiger partial charge on any atom is 0.366 e. The lowest BCUT2D eigenvalue weighted by Gasteiger charge is -2.54. The fourth-order valence-corrected chi connectivity index (χ4v) is 6.12. The zero-order chi connectivity index (χ0) is 19.8. The summed E-state index contributed by atoms with van der Waals surface area (Å²) in [6.07, 6.45) is -9.52. The van der Waals surface area contributed by atoms with Gasteiger partial charge in [-0.25, -0.2) is 0 Å². The van der Waals surface area contributed by atoms with Crippen LogP contribution in [0, 0.1) is 0 Å². The highest BCUT2D eigenvalue weighted by Gasteiger charge is 2.81. The standard InChI is InChI=1S/C11H24O12P2/c1-2-3-4-5-23-25(21,22)11(17)9(15)7(13)6(12)8(14)10(11,16)24(18,19)20/h6-9,12-17H,2-5H2,1H3,(H,21,22)(H2,18,19,20)/t6-,7+,8-,9-,10-,11-/m0/s1. The molecule has 0 radical (unpaired) electrons. The van der Waals surface area contributed by atoms with Gasteiger partial charge in [0.2, 0.25) is 10.7 Å². The number of aliphatic hydroxyl groups is 6. The van der Waals surface area contributed by atoms with Gasteiger partial charge in [-0.2, -0.15) is 0 Å². The Bertz CT molecular complexity index is 565. The first kappa shape index (κ1) is 23.1. The van der Waals surface area contributed by atoms with E-state index in [0.29, 0.717) is 12.8 Å². The normalized spacial score (nSPS) is 42.2. The molecule has 150 valence electrons. The van der Waals surface area contributed by atoms with Gasteiger partial charge in [0.15, 0.2) is 0 Å². The van der Waals surface area contributed by atoms with Crippen LogP contribution >= 0.6 is 15.2 Å². The fraction of sp³-hybridized carbons (Fsp3) is 1.00. The lowest BCUT2D eigenvalue weighted by atomic mass is 9.83. The van der Waals surface area contributed by atoms with Crippen LogP contribution in [-0.4, -0.2) is 87.0 Å². The molecule has 0 bridgehead atoms. The number of unbranched alkanes of at least 4 members (excludes halogenated alkanes) is 2. The zero-order valence-corrected chi connectivity index (χ0v) is 15.1. The van der Waals surface area contributed by atoms with Crippen molar-refractivity contribution in [2.45, 2.75) is 61.3 Å². The Morgan fingerprint density at radius 1 is 0.880 bits per heavy atom. The van der Waals surface area contributed by atoms with Crippen LogP contribution < -0.4 is 0 Å². The van der Waals surface area contributed by atoms with Gasteiger partial charge < -0.3 is 49.8 Å². The van der Waals surface area contributed by atoms with Gasteiger partial charge in [0.05, 0.1) is 6.61 Å². The summed E-state index contributed by atoms with van der Waals surface area (Å²) >= 11 is 0. The summed E-state index contributed by atoms with van der Waals surface area (Å²) in [5.74, 6) is 0. The average Bonchev–Trinajstić information content (AvgIpc) is 2.52. The fourth-order valence-electron chi connectivity index (χ4n) is 2.69. The van der Waals surface area contributed by atoms with Crippen LogP contribution in [0.1, 0.15) is 26.2 Å². The van der Waals surface area contributed by atoms with Crippen LogP contribution in [-0.2, 0) is 13.7 Å². The second-order valence-corrected chi connectivity index (χ2v) is 9.68. The van der Waals surface area contributed by atoms with Gasteiger partial charge in [-0.3, -0.25) is 9.13 Å². The molecule has 0 spiro atoms. The van der Waals surface area contributed by atoms with E-state index in [1.165, 1.54) is 0 Å². The minimum absolute atomic E-state index is 0.204. The van der Waals surface area contributed by atoms with Crippen LogP contribution in [0.5, 0.6) is 0 Å². The lowest BCUT2D eigenvalue weighted by molar-refractivity contribution is -0.264. The molecule has 9 N–H and O–H groups in total. The molecule has 0 aromatic rings. The molecule has 1 aliphatic carbocycles. The van der Waals surface area contributed by atoms with Crippen molar-refractivity contribution in [1.82, 2.24) is 0 Å². The summed E-state index contributed by atoms with van der Waals surface area (Å²) in [7, 11) is -11.7. The lowest BCUT2D eigenvalue weighted by Crippen LogP contribution is -2.76. The molecule has 0 aromatic carbocycles. The van der Waals surface area contributed by atoms with Gasteiger partial charge in [-0.15, -0.1) is 0 Å². The predicted octanol–water partition coefficient (Wildman–Crippen LogP) is -2.61. The van der Waals surface area contributed by atoms with Crippen molar-refractivity contribution in [3.8, 4) is 0 Å². The second kappa shape index (κ2) is 7.59. The molecule has 1 saturated carbocycles. The Hall–Kier alpha value is 0.0600. The van der Waals surface area contributed by atoms with Crippen molar-refractivity contribution >= 4 is 15.2 Å². The van der Waals surface area contributed by atoms with E-state index < -0.39 is 56.9 Å². The molecule has 0 heterocycles. The molecule has 1 aliphatic rings. The predicted molar refractivity (Wildman–Crippen MR) is 81.3 cm³/mol. The Morgan fingerprint density at radius 2 is 1.32 bits per heavy atom. The maximum absolute atomic E-state index is 12.4. The van der Waals surface area contributed by atoms with Crippen molar-refractivity contribution in [2.75, 3.05) is 6.61 Å². The summed E-state index contributed by atoms with van der Waals surface area (Å²) in [5, 5.41) is 51.5. The Kier molecular flexibility index (Phi) is 7.01. The Labute approximate surface area is 143 Å². The summed E-state index contributed by atoms with van der Waals surface area (Å²) in [6.45, 7) is 1.32. The number of hydrogen-bond donors (Lipinski definition) is 9. The summed E-state index contributed by atoms with van der Waals surface area (Å²) in [5.41, 5.74) is 0. The molecule has 1 fully saturated rings. The molecule has 14 heteroatoms. The molecule has 7 atom stereocenters. The van der Waals surface area contributed by atoms with Crippen molar-refractivity contribution in [3.63, 3.8) is 0 Å². The smallest absolute Gasteiger partial charge is 0.366 e. The molecule has 0 amide bonds. The van der Waals surface area contributed by atoms with Crippen molar-refractivity contribution in [2.24, 2.45) is 0 Å². The molecule has 0 aliphatic heterocycles. The molecule has 12 nitrogen and oxygen atoms in total. The first-order valence-electron chi connectivity index (χ1n) is 7.40. The Balaban J connectivity index is 3.46. The van der Waals surface area contributed by atoms with E-state index in [1.807, 2.05) is 0 Å². The minimum Gasteiger partial charge on any atom is -0.387 e. The summed E-state index contributed by atoms with van der Waals surface area (Å²) in [6, 6.07) is 0. The third-order valence-electron chi connectivity index (χ3n) is 4.25. The quantitative estimate of drug-likeness (QED) is 0.155. The summed E-state index contributed by atoms with van der Waals surface area (Å²) < 4.78 is 28.7. The molecule has 1 rings (SSSR count). The second-order valence-electron chi connectivity index (χ2n) is 5.93. The van der Waals surface area contributed by atoms with E-state index >= 15 is 0 Å². The highest BCUT2D eigenvalue weighted by atomic mass is 31.2. The van der Waals surface area contributed by atoms with Crippen LogP contribution in [0.3, 0.4) is 0 Å². The third-order valence-corrected chi connectivity index (χ3v) is 7.92. The molecular weight excluding hydrogens is 386 g/mol. The van der Waals surface area contributed by atoms with Crippen LogP contribution in [0.25, 0.3) is 0 Å². The molecule has 1 unspecified atom stereocenters. The molecular formula is C11H24O12P2. The highest BCUT2D eigenvalue weighted by Crippen LogP contribution is 2.71. The largest absolute Gasteiger partial charge is 0.387 e. The first-order chi connectivity index (χ1) is 11.2. The molecule has 25 heavy (non-hydrogen) atoms. The zero-order valence-electron chi connectivity index (χ0n) is 13.3. The molecule has 0 saturated heterocycles. The number of hydrogen-bond acceptors (Lipinski definition) is 9. The van der Waals surface area contributed by atoms with Crippen LogP contribution in [0.2, 0.25) is 0 Å². The van der Waals surface area contributed by atoms with Gasteiger partial charge in [0.25, 0.3) is 0 Å². The monoisotopic (exact) mass is 410 g/mol. The van der Waals surface area contributed by atoms with E-state index in [1.54, 1.807) is 6.92 Å². The van der Waals surface area contributed by atoms with Gasteiger partial charge in [-0.05, 0) is 6.42 Å². The van der Waals surface area contributed by atoms with Gasteiger partial charge >= 0.3 is 15.2 Å². The number of aliphatic hydroxyl groups excluding tert-OH is 4. The van der Waals surface area contributed by atoms with E-state index in [-0.39, 0.29) is 6.42 Å². The van der Waals surface area contributed by atoms with Crippen molar-refractivity contribution < 1.29 is 59.0 Å². The average molecular weight is 410 g/mol. The van der Waals surface area contributed by atoms with Crippen LogP contribution in [0.4, 0.5) is 0 Å². The van der Waals surface area contributed by atoms with E-state index in [4.69, 9.17) is 0 Å². The van der Waals surface area contributed by atoms with Gasteiger partial charge in [0, 0.05) is 0 Å². The van der Waals surface area contributed by atoms with E-state index in [2.05, 4.69) is 4.52 Å². The number of rotatable bonds is 7. The van der Waals surface area contributed by atoms with Gasteiger partial charge in [0.1, 0.15) is 24.4 Å². The van der Waals surface area contributed by atoms with E-state index in [9.17, 15) is 54.4 Å². The highest BCUT2D eigenvalue weighted by molar-refractivity contribution is 7.59. The van der Waals surface area contributed by atoms with Gasteiger partial charge in [-0.1, -0.05) is 19.8 Å². The van der Waals surface area contributed by atoms with Crippen molar-refractivity contribution in [1.29, 1.82) is 0 Å². The van der Waals surface area contributed by atoms with Crippen LogP contribution in [0.15, 0.2) is 0 Å². The molecule has 0 aromatic heterocycles. The topological polar surface area (TPSA) is 225 Å². The van der Waals surface area contributed by atoms with E-state index in [0.717, 1.165) is 0 Å². The Morgan fingerprint density at radius 3 is 1.72 bits per heavy atom. The van der Waals surface area contributed by atoms with Crippen molar-refractivity contribution in [3.05, 3.63) is 0 Å². The summed E-state index contributed by atoms with van der Waals surface area (Å²) in [4.78, 5) is 28.7. The minimum atomic E-state index is -6.06. The maximum atomic E-state index is 12.4. The first-order valence-corrected chi connectivity index (χ1v) is 10.6. The SMILES string of the molecule is CCCCCOP(=O)(O)[C@@]1(O)[C@@H](O)[C@H](O)[C@H](O)[C@H](O)[C@]1(O)P(=O)(O)O. The third kappa shape index (κ3) is 3.47.